The first-order valence-electron chi connectivity index (χ1n) is 16.8. The summed E-state index contributed by atoms with van der Waals surface area (Å²) in [6.07, 6.45) is 3.64. The molecular weight excluding hydrogens is 653 g/mol. The van der Waals surface area contributed by atoms with E-state index in [1.54, 1.807) is 29.0 Å². The van der Waals surface area contributed by atoms with Gasteiger partial charge in [-0.1, -0.05) is 47.5 Å². The van der Waals surface area contributed by atoms with Gasteiger partial charge in [-0.2, -0.15) is 0 Å². The molecule has 3 saturated heterocycles. The Morgan fingerprint density at radius 2 is 1.79 bits per heavy atom. The van der Waals surface area contributed by atoms with Crippen LogP contribution in [-0.2, 0) is 11.3 Å². The van der Waals surface area contributed by atoms with Gasteiger partial charge in [-0.3, -0.25) is 23.8 Å². The SMILES string of the molecule is CN1CCN(C2CCN(C3(CC=O)CC(n4c(=O)[nH]c5c6ccccc6ncc54)CC[N@+]3(Cc3ccc(Cl)c(Cl)c3)C(=O)[O-])CC2)CC1. The molecule has 3 atom stereocenters. The monoisotopic (exact) mass is 693 g/mol. The number of likely N-dealkylation sites (tertiary alicyclic amines) is 2. The van der Waals surface area contributed by atoms with Gasteiger partial charge >= 0.3 is 5.69 Å². The third-order valence-electron chi connectivity index (χ3n) is 11.3. The normalized spacial score (nSPS) is 26.7. The quantitative estimate of drug-likeness (QED) is 0.229. The lowest BCUT2D eigenvalue weighted by molar-refractivity contribution is -0.956. The number of hydrogen-bond donors (Lipinski definition) is 1. The van der Waals surface area contributed by atoms with E-state index in [4.69, 9.17) is 23.2 Å². The Labute approximate surface area is 289 Å². The van der Waals surface area contributed by atoms with Crippen molar-refractivity contribution in [1.82, 2.24) is 29.2 Å². The van der Waals surface area contributed by atoms with Crippen LogP contribution in [0.3, 0.4) is 0 Å². The number of carbonyl (C=O) groups is 2. The van der Waals surface area contributed by atoms with Gasteiger partial charge < -0.3 is 24.6 Å². The highest BCUT2D eigenvalue weighted by molar-refractivity contribution is 6.42. The maximum absolute atomic E-state index is 13.8. The molecule has 2 aromatic heterocycles. The number of imidazole rings is 1. The van der Waals surface area contributed by atoms with E-state index < -0.39 is 16.2 Å². The smallest absolute Gasteiger partial charge is 0.326 e. The summed E-state index contributed by atoms with van der Waals surface area (Å²) in [7, 11) is 2.14. The number of pyridine rings is 1. The number of hydrogen-bond acceptors (Lipinski definition) is 8. The lowest BCUT2D eigenvalue weighted by atomic mass is 9.82. The number of carbonyl (C=O) groups excluding carboxylic acids is 2. The van der Waals surface area contributed by atoms with Crippen molar-refractivity contribution in [3.05, 3.63) is 74.8 Å². The zero-order valence-corrected chi connectivity index (χ0v) is 28.6. The van der Waals surface area contributed by atoms with Crippen LogP contribution < -0.4 is 10.8 Å². The average molecular weight is 695 g/mol. The summed E-state index contributed by atoms with van der Waals surface area (Å²) in [6, 6.07) is 12.8. The molecule has 1 amide bonds. The van der Waals surface area contributed by atoms with Crippen LogP contribution in [0, 0.1) is 0 Å². The molecule has 2 aromatic carbocycles. The van der Waals surface area contributed by atoms with Crippen molar-refractivity contribution in [1.29, 1.82) is 0 Å². The molecule has 3 fully saturated rings. The highest BCUT2D eigenvalue weighted by Gasteiger charge is 2.60. The fourth-order valence-corrected chi connectivity index (χ4v) is 9.11. The number of piperazine rings is 1. The zero-order chi connectivity index (χ0) is 33.6. The second kappa shape index (κ2) is 13.2. The molecule has 0 aliphatic carbocycles. The first-order chi connectivity index (χ1) is 23.2. The van der Waals surface area contributed by atoms with E-state index in [0.717, 1.165) is 56.2 Å². The van der Waals surface area contributed by atoms with Crippen molar-refractivity contribution in [3.8, 4) is 0 Å². The van der Waals surface area contributed by atoms with E-state index in [9.17, 15) is 19.5 Å². The Morgan fingerprint density at radius 1 is 1.04 bits per heavy atom. The maximum Gasteiger partial charge on any atom is 0.326 e. The molecule has 13 heteroatoms. The highest BCUT2D eigenvalue weighted by atomic mass is 35.5. The first kappa shape index (κ1) is 33.2. The summed E-state index contributed by atoms with van der Waals surface area (Å²) in [6.45, 7) is 5.52. The van der Waals surface area contributed by atoms with Crippen molar-refractivity contribution >= 4 is 57.5 Å². The lowest BCUT2D eigenvalue weighted by Gasteiger charge is -2.61. The van der Waals surface area contributed by atoms with Gasteiger partial charge in [0.15, 0.2) is 5.66 Å². The number of nitrogens with zero attached hydrogens (tertiary/aromatic N) is 6. The topological polar surface area (TPSA) is 118 Å². The Hall–Kier alpha value is -3.32. The highest BCUT2D eigenvalue weighted by Crippen LogP contribution is 2.48. The predicted molar refractivity (Wildman–Crippen MR) is 184 cm³/mol. The third kappa shape index (κ3) is 5.64. The van der Waals surface area contributed by atoms with Gasteiger partial charge in [-0.25, -0.2) is 4.79 Å². The minimum atomic E-state index is -1.25. The molecule has 3 aliphatic rings. The Bertz CT molecular complexity index is 1900. The predicted octanol–water partition coefficient (Wildman–Crippen LogP) is 3.88. The van der Waals surface area contributed by atoms with E-state index in [1.807, 2.05) is 24.3 Å². The Kier molecular flexibility index (Phi) is 9.12. The van der Waals surface area contributed by atoms with E-state index in [1.165, 1.54) is 0 Å². The standard InChI is InChI=1S/C35H41Cl2N7O4/c1-40-14-16-41(17-15-40)25-8-12-42(13-9-25)35(11-19-45)21-26(10-18-44(35,34(47)48)23-24-6-7-28(36)29(37)20-24)43-31-22-38-30-5-3-2-4-27(30)32(31)39-33(43)46/h2-7,19-20,22,25-26H,8-18,21,23H2,1H3,(H-,38,39,46,47,48)/t26?,35?,44-/m0/s1. The molecule has 5 heterocycles. The van der Waals surface area contributed by atoms with Gasteiger partial charge in [0.05, 0.1) is 51.8 Å². The molecular formula is C35H41Cl2N7O4. The van der Waals surface area contributed by atoms with Crippen LogP contribution in [0.5, 0.6) is 0 Å². The van der Waals surface area contributed by atoms with Crippen molar-refractivity contribution in [3.63, 3.8) is 0 Å². The number of halogens is 2. The van der Waals surface area contributed by atoms with E-state index in [2.05, 4.69) is 31.7 Å². The van der Waals surface area contributed by atoms with Crippen molar-refractivity contribution in [2.45, 2.75) is 56.4 Å². The van der Waals surface area contributed by atoms with Crippen molar-refractivity contribution < 1.29 is 19.2 Å². The molecule has 7 rings (SSSR count). The number of piperidine rings is 2. The molecule has 3 aliphatic heterocycles. The maximum atomic E-state index is 13.8. The number of H-pyrrole nitrogens is 1. The number of benzene rings is 2. The molecule has 0 radical (unpaired) electrons. The van der Waals surface area contributed by atoms with Crippen molar-refractivity contribution in [2.24, 2.45) is 0 Å². The molecule has 0 spiro atoms. The van der Waals surface area contributed by atoms with Crippen LogP contribution in [0.2, 0.25) is 10.0 Å². The number of aromatic nitrogens is 3. The van der Waals surface area contributed by atoms with Gasteiger partial charge in [-0.05, 0) is 38.1 Å². The Balaban J connectivity index is 1.31. The molecule has 0 saturated carbocycles. The minimum Gasteiger partial charge on any atom is -0.498 e. The number of likely N-dealkylation sites (N-methyl/N-ethyl adjacent to an activating group) is 1. The average Bonchev–Trinajstić information content (AvgIpc) is 3.44. The number of para-hydroxylation sites is 1. The van der Waals surface area contributed by atoms with Gasteiger partial charge in [0.2, 0.25) is 0 Å². The Morgan fingerprint density at radius 3 is 2.50 bits per heavy atom. The summed E-state index contributed by atoms with van der Waals surface area (Å²) < 4.78 is 1.26. The summed E-state index contributed by atoms with van der Waals surface area (Å²) in [5.41, 5.74) is 1.36. The second-order valence-electron chi connectivity index (χ2n) is 13.8. The van der Waals surface area contributed by atoms with E-state index in [0.29, 0.717) is 52.2 Å². The first-order valence-corrected chi connectivity index (χ1v) is 17.5. The molecule has 1 N–H and O–H groups in total. The zero-order valence-electron chi connectivity index (χ0n) is 27.1. The van der Waals surface area contributed by atoms with E-state index >= 15 is 0 Å². The number of aromatic amines is 1. The van der Waals surface area contributed by atoms with Crippen LogP contribution in [-0.4, -0.2) is 111 Å². The van der Waals surface area contributed by atoms with Crippen LogP contribution in [0.25, 0.3) is 21.9 Å². The van der Waals surface area contributed by atoms with Gasteiger partial charge in [-0.15, -0.1) is 0 Å². The summed E-state index contributed by atoms with van der Waals surface area (Å²) in [5.74, 6) is 0. The largest absolute Gasteiger partial charge is 0.498 e. The van der Waals surface area contributed by atoms with Gasteiger partial charge in [0.1, 0.15) is 12.8 Å². The van der Waals surface area contributed by atoms with Crippen LogP contribution >= 0.6 is 23.2 Å². The fraction of sp³-hybridized carbons (Fsp3) is 0.486. The number of aldehydes is 1. The summed E-state index contributed by atoms with van der Waals surface area (Å²) >= 11 is 12.7. The molecule has 0 bridgehead atoms. The molecule has 254 valence electrons. The van der Waals surface area contributed by atoms with Crippen LogP contribution in [0.1, 0.15) is 43.7 Å². The van der Waals surface area contributed by atoms with Crippen LogP contribution in [0.4, 0.5) is 4.79 Å². The van der Waals surface area contributed by atoms with E-state index in [-0.39, 0.29) is 37.7 Å². The number of amides is 1. The molecule has 11 nitrogen and oxygen atoms in total. The fourth-order valence-electron chi connectivity index (χ4n) is 8.79. The number of carboxylic acid groups (broad SMARTS) is 1. The lowest BCUT2D eigenvalue weighted by Crippen LogP contribution is -2.79. The molecule has 48 heavy (non-hydrogen) atoms. The number of rotatable bonds is 7. The third-order valence-corrected chi connectivity index (χ3v) is 12.1. The second-order valence-corrected chi connectivity index (χ2v) is 14.6. The number of fused-ring (bicyclic) bond motifs is 3. The van der Waals surface area contributed by atoms with Crippen LogP contribution in [0.15, 0.2) is 53.5 Å². The minimum absolute atomic E-state index is 0.0315. The van der Waals surface area contributed by atoms with Crippen molar-refractivity contribution in [2.75, 3.05) is 52.9 Å². The van der Waals surface area contributed by atoms with Gasteiger partial charge in [0, 0.05) is 69.1 Å². The molecule has 2 unspecified atom stereocenters. The summed E-state index contributed by atoms with van der Waals surface area (Å²) in [4.78, 5) is 55.0. The van der Waals surface area contributed by atoms with Gasteiger partial charge in [0.25, 0.3) is 6.09 Å². The number of quaternary nitrogens is 1. The number of nitrogens with one attached hydrogen (secondary N) is 1. The summed E-state index contributed by atoms with van der Waals surface area (Å²) in [5, 5.41) is 15.2. The molecule has 4 aromatic rings.